The van der Waals surface area contributed by atoms with E-state index in [2.05, 4.69) is 15.0 Å². The highest BCUT2D eigenvalue weighted by Crippen LogP contribution is 2.29. The van der Waals surface area contributed by atoms with Crippen molar-refractivity contribution in [3.63, 3.8) is 0 Å². The number of H-pyrrole nitrogens is 1. The van der Waals surface area contributed by atoms with Crippen LogP contribution in [0.1, 0.15) is 28.9 Å². The molecule has 1 aromatic carbocycles. The molecule has 3 aromatic rings. The number of imidazole rings is 1. The van der Waals surface area contributed by atoms with E-state index in [4.69, 9.17) is 16.3 Å². The van der Waals surface area contributed by atoms with Gasteiger partial charge in [-0.2, -0.15) is 0 Å². The summed E-state index contributed by atoms with van der Waals surface area (Å²) in [6.07, 6.45) is 1.94. The van der Waals surface area contributed by atoms with Gasteiger partial charge >= 0.3 is 0 Å². The van der Waals surface area contributed by atoms with E-state index in [0.717, 1.165) is 6.26 Å². The number of aromatic nitrogens is 3. The van der Waals surface area contributed by atoms with E-state index in [1.165, 1.54) is 18.2 Å². The van der Waals surface area contributed by atoms with Crippen LogP contribution in [0, 0.1) is 12.7 Å². The van der Waals surface area contributed by atoms with Crippen LogP contribution in [0.2, 0.25) is 5.02 Å². The van der Waals surface area contributed by atoms with Crippen LogP contribution in [0.15, 0.2) is 47.6 Å². The summed E-state index contributed by atoms with van der Waals surface area (Å²) in [4.78, 5) is 11.3. The summed E-state index contributed by atoms with van der Waals surface area (Å²) >= 11 is 5.90. The second kappa shape index (κ2) is 7.75. The van der Waals surface area contributed by atoms with Gasteiger partial charge in [-0.1, -0.05) is 23.7 Å². The lowest BCUT2D eigenvalue weighted by atomic mass is 10.1. The number of rotatable bonds is 6. The van der Waals surface area contributed by atoms with Crippen molar-refractivity contribution in [2.45, 2.75) is 24.7 Å². The first-order valence-corrected chi connectivity index (χ1v) is 10.3. The van der Waals surface area contributed by atoms with Crippen LogP contribution in [-0.4, -0.2) is 29.6 Å². The molecule has 2 aromatic heterocycles. The van der Waals surface area contributed by atoms with E-state index in [9.17, 15) is 12.8 Å². The zero-order valence-corrected chi connectivity index (χ0v) is 16.2. The quantitative estimate of drug-likeness (QED) is 0.672. The summed E-state index contributed by atoms with van der Waals surface area (Å²) in [5.74, 6) is -0.275. The monoisotopic (exact) mass is 409 g/mol. The van der Waals surface area contributed by atoms with Gasteiger partial charge in [0.1, 0.15) is 17.7 Å². The molecular formula is C18H17ClFN3O3S. The molecule has 142 valence electrons. The molecule has 2 heterocycles. The van der Waals surface area contributed by atoms with E-state index in [-0.39, 0.29) is 22.5 Å². The summed E-state index contributed by atoms with van der Waals surface area (Å²) in [5, 5.41) is -0.123. The molecule has 0 spiro atoms. The number of ether oxygens (including phenoxy) is 1. The van der Waals surface area contributed by atoms with Crippen LogP contribution in [0.4, 0.5) is 4.39 Å². The maximum atomic E-state index is 13.6. The Morgan fingerprint density at radius 2 is 2.07 bits per heavy atom. The highest BCUT2D eigenvalue weighted by molar-refractivity contribution is 7.90. The van der Waals surface area contributed by atoms with Crippen molar-refractivity contribution in [2.24, 2.45) is 0 Å². The lowest BCUT2D eigenvalue weighted by molar-refractivity contribution is 0.0592. The van der Waals surface area contributed by atoms with E-state index in [0.29, 0.717) is 17.0 Å². The average molecular weight is 410 g/mol. The largest absolute Gasteiger partial charge is 0.359 e. The van der Waals surface area contributed by atoms with Crippen molar-refractivity contribution < 1.29 is 17.5 Å². The number of halogens is 2. The minimum atomic E-state index is -3.51. The minimum Gasteiger partial charge on any atom is -0.359 e. The van der Waals surface area contributed by atoms with Gasteiger partial charge in [-0.3, -0.25) is 4.98 Å². The first-order chi connectivity index (χ1) is 12.8. The number of hydrogen-bond acceptors (Lipinski definition) is 5. The normalized spacial score (nSPS) is 12.9. The van der Waals surface area contributed by atoms with Crippen molar-refractivity contribution >= 4 is 21.4 Å². The molecule has 1 unspecified atom stereocenters. The van der Waals surface area contributed by atoms with Crippen LogP contribution < -0.4 is 0 Å². The van der Waals surface area contributed by atoms with E-state index in [1.54, 1.807) is 25.3 Å². The number of aromatic amines is 1. The average Bonchev–Trinajstić information content (AvgIpc) is 3.01. The summed E-state index contributed by atoms with van der Waals surface area (Å²) in [7, 11) is -3.51. The van der Waals surface area contributed by atoms with Gasteiger partial charge in [-0.25, -0.2) is 17.8 Å². The van der Waals surface area contributed by atoms with Crippen molar-refractivity contribution in [1.29, 1.82) is 0 Å². The molecule has 0 radical (unpaired) electrons. The molecule has 1 atom stereocenters. The molecule has 0 aliphatic carbocycles. The molecule has 1 N–H and O–H groups in total. The molecule has 0 fully saturated rings. The standard InChI is InChI=1S/C18H17ClFN3O3S/c1-11-18(27(2,24)25)23-17(22-11)16(12-6-7-15(20)14(19)9-12)26-10-13-5-3-4-8-21-13/h3-9,16H,10H2,1-2H3,(H,22,23). The van der Waals surface area contributed by atoms with Gasteiger partial charge in [0.25, 0.3) is 0 Å². The first-order valence-electron chi connectivity index (χ1n) is 7.98. The molecule has 0 aliphatic rings. The van der Waals surface area contributed by atoms with Crippen LogP contribution in [0.5, 0.6) is 0 Å². The number of sulfone groups is 1. The molecule has 0 saturated heterocycles. The predicted molar refractivity (Wildman–Crippen MR) is 98.7 cm³/mol. The van der Waals surface area contributed by atoms with E-state index >= 15 is 0 Å². The SMILES string of the molecule is Cc1[nH]c(C(OCc2ccccn2)c2ccc(F)c(Cl)c2)nc1S(C)(=O)=O. The molecule has 0 bridgehead atoms. The van der Waals surface area contributed by atoms with Gasteiger partial charge in [0.15, 0.2) is 14.9 Å². The Balaban J connectivity index is 2.00. The Bertz CT molecular complexity index is 1050. The molecule has 0 amide bonds. The van der Waals surface area contributed by atoms with Crippen LogP contribution in [0.3, 0.4) is 0 Å². The lowest BCUT2D eigenvalue weighted by Crippen LogP contribution is -2.10. The summed E-state index contributed by atoms with van der Waals surface area (Å²) < 4.78 is 43.3. The number of nitrogens with zero attached hydrogens (tertiary/aromatic N) is 2. The third-order valence-corrected chi connectivity index (χ3v) is 5.22. The van der Waals surface area contributed by atoms with Gasteiger partial charge in [-0.05, 0) is 36.8 Å². The third kappa shape index (κ3) is 4.52. The molecule has 0 saturated carbocycles. The lowest BCUT2D eigenvalue weighted by Gasteiger charge is -2.17. The van der Waals surface area contributed by atoms with Crippen molar-refractivity contribution in [3.05, 3.63) is 76.2 Å². The fourth-order valence-electron chi connectivity index (χ4n) is 2.61. The Morgan fingerprint density at radius 1 is 1.30 bits per heavy atom. The Morgan fingerprint density at radius 3 is 2.67 bits per heavy atom. The zero-order chi connectivity index (χ0) is 19.6. The summed E-state index contributed by atoms with van der Waals surface area (Å²) in [5.41, 5.74) is 1.61. The highest BCUT2D eigenvalue weighted by Gasteiger charge is 2.24. The number of nitrogens with one attached hydrogen (secondary N) is 1. The number of benzene rings is 1. The molecule has 27 heavy (non-hydrogen) atoms. The summed E-state index contributed by atoms with van der Waals surface area (Å²) in [6, 6.07) is 9.58. The minimum absolute atomic E-state index is 0.0582. The Labute approximate surface area is 161 Å². The molecule has 6 nitrogen and oxygen atoms in total. The van der Waals surface area contributed by atoms with Gasteiger partial charge in [0.05, 0.1) is 23.0 Å². The van der Waals surface area contributed by atoms with Gasteiger partial charge < -0.3 is 9.72 Å². The molecule has 3 rings (SSSR count). The van der Waals surface area contributed by atoms with E-state index < -0.39 is 21.8 Å². The second-order valence-corrected chi connectivity index (χ2v) is 8.35. The fourth-order valence-corrected chi connectivity index (χ4v) is 3.67. The second-order valence-electron chi connectivity index (χ2n) is 6.01. The fraction of sp³-hybridized carbons (Fsp3) is 0.222. The molecular weight excluding hydrogens is 393 g/mol. The predicted octanol–water partition coefficient (Wildman–Crippen LogP) is 3.62. The Hall–Kier alpha value is -2.29. The molecule has 0 aliphatic heterocycles. The third-order valence-electron chi connectivity index (χ3n) is 3.83. The summed E-state index contributed by atoms with van der Waals surface area (Å²) in [6.45, 7) is 1.76. The first kappa shape index (κ1) is 19.5. The van der Waals surface area contributed by atoms with Gasteiger partial charge in [0, 0.05) is 12.5 Å². The van der Waals surface area contributed by atoms with Gasteiger partial charge in [-0.15, -0.1) is 0 Å². The highest BCUT2D eigenvalue weighted by atomic mass is 35.5. The van der Waals surface area contributed by atoms with Crippen molar-refractivity contribution in [3.8, 4) is 0 Å². The topological polar surface area (TPSA) is 84.9 Å². The Kier molecular flexibility index (Phi) is 5.59. The maximum Gasteiger partial charge on any atom is 0.194 e. The maximum absolute atomic E-state index is 13.6. The van der Waals surface area contributed by atoms with Crippen molar-refractivity contribution in [2.75, 3.05) is 6.26 Å². The molecule has 9 heteroatoms. The number of pyridine rings is 1. The van der Waals surface area contributed by atoms with Gasteiger partial charge in [0.2, 0.25) is 0 Å². The number of hydrogen-bond donors (Lipinski definition) is 1. The van der Waals surface area contributed by atoms with Crippen LogP contribution in [-0.2, 0) is 21.2 Å². The number of aryl methyl sites for hydroxylation is 1. The van der Waals surface area contributed by atoms with Crippen LogP contribution in [0.25, 0.3) is 0 Å². The zero-order valence-electron chi connectivity index (χ0n) is 14.6. The smallest absolute Gasteiger partial charge is 0.194 e. The van der Waals surface area contributed by atoms with Crippen molar-refractivity contribution in [1.82, 2.24) is 15.0 Å². The van der Waals surface area contributed by atoms with E-state index in [1.807, 2.05) is 6.07 Å². The van der Waals surface area contributed by atoms with Crippen LogP contribution >= 0.6 is 11.6 Å².